The SMILES string of the molecule is CCOc1ccc(S(=O)(=O)NC2CCC(Oc3ccc(Cl)cn3)CC2)cc1C. The van der Waals surface area contributed by atoms with Gasteiger partial charge in [-0.1, -0.05) is 11.6 Å². The Bertz CT molecular complexity index is 895. The summed E-state index contributed by atoms with van der Waals surface area (Å²) in [5, 5.41) is 0.565. The van der Waals surface area contributed by atoms with Gasteiger partial charge in [-0.05, 0) is 69.4 Å². The van der Waals surface area contributed by atoms with Gasteiger partial charge in [0.15, 0.2) is 0 Å². The van der Waals surface area contributed by atoms with E-state index in [1.807, 2.05) is 13.8 Å². The van der Waals surface area contributed by atoms with Crippen LogP contribution in [0.4, 0.5) is 0 Å². The van der Waals surface area contributed by atoms with Gasteiger partial charge in [0, 0.05) is 18.3 Å². The maximum atomic E-state index is 12.7. The molecule has 3 rings (SSSR count). The molecule has 0 radical (unpaired) electrons. The Morgan fingerprint density at radius 2 is 1.93 bits per heavy atom. The van der Waals surface area contributed by atoms with Gasteiger partial charge < -0.3 is 9.47 Å². The van der Waals surface area contributed by atoms with E-state index in [1.54, 1.807) is 36.5 Å². The highest BCUT2D eigenvalue weighted by molar-refractivity contribution is 7.89. The zero-order chi connectivity index (χ0) is 20.1. The number of aryl methyl sites for hydroxylation is 1. The van der Waals surface area contributed by atoms with Crippen molar-refractivity contribution in [2.45, 2.75) is 56.6 Å². The Balaban J connectivity index is 1.56. The van der Waals surface area contributed by atoms with Gasteiger partial charge in [0.1, 0.15) is 11.9 Å². The van der Waals surface area contributed by atoms with Gasteiger partial charge >= 0.3 is 0 Å². The average molecular weight is 425 g/mol. The van der Waals surface area contributed by atoms with Crippen LogP contribution in [0.3, 0.4) is 0 Å². The normalized spacial score (nSPS) is 20.0. The van der Waals surface area contributed by atoms with Gasteiger partial charge in [-0.2, -0.15) is 0 Å². The number of sulfonamides is 1. The van der Waals surface area contributed by atoms with Crippen LogP contribution in [0, 0.1) is 6.92 Å². The lowest BCUT2D eigenvalue weighted by Crippen LogP contribution is -2.39. The van der Waals surface area contributed by atoms with E-state index in [2.05, 4.69) is 9.71 Å². The molecule has 6 nitrogen and oxygen atoms in total. The first kappa shape index (κ1) is 20.9. The molecule has 0 amide bonds. The summed E-state index contributed by atoms with van der Waals surface area (Å²) in [4.78, 5) is 4.40. The number of ether oxygens (including phenoxy) is 2. The molecule has 1 fully saturated rings. The van der Waals surface area contributed by atoms with Crippen molar-refractivity contribution < 1.29 is 17.9 Å². The Kier molecular flexibility index (Phi) is 6.80. The molecule has 1 heterocycles. The van der Waals surface area contributed by atoms with E-state index in [-0.39, 0.29) is 17.0 Å². The van der Waals surface area contributed by atoms with Gasteiger partial charge in [0.2, 0.25) is 15.9 Å². The topological polar surface area (TPSA) is 77.5 Å². The zero-order valence-electron chi connectivity index (χ0n) is 16.0. The third-order valence-electron chi connectivity index (χ3n) is 4.74. The highest BCUT2D eigenvalue weighted by Gasteiger charge is 2.27. The molecule has 8 heteroatoms. The van der Waals surface area contributed by atoms with E-state index >= 15 is 0 Å². The highest BCUT2D eigenvalue weighted by atomic mass is 35.5. The van der Waals surface area contributed by atoms with Crippen LogP contribution >= 0.6 is 11.6 Å². The molecule has 1 aliphatic carbocycles. The Morgan fingerprint density at radius 3 is 2.54 bits per heavy atom. The number of benzene rings is 1. The number of rotatable bonds is 7. The van der Waals surface area contributed by atoms with Gasteiger partial charge in [0.25, 0.3) is 0 Å². The predicted octanol–water partition coefficient (Wildman–Crippen LogP) is 4.11. The number of hydrogen-bond donors (Lipinski definition) is 1. The van der Waals surface area contributed by atoms with Crippen molar-refractivity contribution in [2.75, 3.05) is 6.61 Å². The summed E-state index contributed by atoms with van der Waals surface area (Å²) >= 11 is 5.83. The third-order valence-corrected chi connectivity index (χ3v) is 6.48. The largest absolute Gasteiger partial charge is 0.494 e. The first-order chi connectivity index (χ1) is 13.4. The van der Waals surface area contributed by atoms with Crippen LogP contribution < -0.4 is 14.2 Å². The Hall–Kier alpha value is -1.83. The van der Waals surface area contributed by atoms with Crippen molar-refractivity contribution in [1.82, 2.24) is 9.71 Å². The summed E-state index contributed by atoms with van der Waals surface area (Å²) in [6.45, 7) is 4.29. The summed E-state index contributed by atoms with van der Waals surface area (Å²) in [6.07, 6.45) is 4.54. The molecular weight excluding hydrogens is 400 g/mol. The van der Waals surface area contributed by atoms with E-state index in [1.165, 1.54) is 0 Å². The highest BCUT2D eigenvalue weighted by Crippen LogP contribution is 2.26. The van der Waals surface area contributed by atoms with Crippen molar-refractivity contribution in [2.24, 2.45) is 0 Å². The first-order valence-corrected chi connectivity index (χ1v) is 11.3. The monoisotopic (exact) mass is 424 g/mol. The second kappa shape index (κ2) is 9.11. The molecule has 1 saturated carbocycles. The first-order valence-electron chi connectivity index (χ1n) is 9.41. The molecule has 0 unspecified atom stereocenters. The van der Waals surface area contributed by atoms with Gasteiger partial charge in [-0.15, -0.1) is 0 Å². The van der Waals surface area contributed by atoms with E-state index in [9.17, 15) is 8.42 Å². The van der Waals surface area contributed by atoms with Crippen LogP contribution in [0.2, 0.25) is 5.02 Å². The van der Waals surface area contributed by atoms with E-state index in [0.29, 0.717) is 36.1 Å². The van der Waals surface area contributed by atoms with Crippen LogP contribution in [0.15, 0.2) is 41.4 Å². The second-order valence-corrected chi connectivity index (χ2v) is 9.04. The van der Waals surface area contributed by atoms with Crippen molar-refractivity contribution in [1.29, 1.82) is 0 Å². The number of nitrogens with zero attached hydrogens (tertiary/aromatic N) is 1. The molecule has 0 bridgehead atoms. The molecule has 1 N–H and O–H groups in total. The van der Waals surface area contributed by atoms with Crippen LogP contribution in [0.1, 0.15) is 38.2 Å². The standard InChI is InChI=1S/C20H25ClN2O4S/c1-3-26-19-10-9-18(12-14(19)2)28(24,25)23-16-5-7-17(8-6-16)27-20-11-4-15(21)13-22-20/h4,9-13,16-17,23H,3,5-8H2,1-2H3. The maximum Gasteiger partial charge on any atom is 0.240 e. The lowest BCUT2D eigenvalue weighted by Gasteiger charge is -2.29. The van der Waals surface area contributed by atoms with Gasteiger partial charge in [-0.3, -0.25) is 0 Å². The minimum atomic E-state index is -3.57. The molecule has 152 valence electrons. The van der Waals surface area contributed by atoms with Crippen molar-refractivity contribution in [3.05, 3.63) is 47.1 Å². The number of hydrogen-bond acceptors (Lipinski definition) is 5. The molecule has 0 atom stereocenters. The van der Waals surface area contributed by atoms with Crippen LogP contribution in [0.5, 0.6) is 11.6 Å². The minimum Gasteiger partial charge on any atom is -0.494 e. The lowest BCUT2D eigenvalue weighted by atomic mass is 9.94. The molecule has 0 saturated heterocycles. The minimum absolute atomic E-state index is 0.0298. The molecule has 28 heavy (non-hydrogen) atoms. The lowest BCUT2D eigenvalue weighted by molar-refractivity contribution is 0.138. The fraction of sp³-hybridized carbons (Fsp3) is 0.450. The molecular formula is C20H25ClN2O4S. The Morgan fingerprint density at radius 1 is 1.18 bits per heavy atom. The van der Waals surface area contributed by atoms with E-state index in [4.69, 9.17) is 21.1 Å². The zero-order valence-corrected chi connectivity index (χ0v) is 17.6. The summed E-state index contributed by atoms with van der Waals surface area (Å²) in [5.74, 6) is 1.24. The number of aromatic nitrogens is 1. The van der Waals surface area contributed by atoms with Crippen molar-refractivity contribution >= 4 is 21.6 Å². The average Bonchev–Trinajstić information content (AvgIpc) is 2.67. The van der Waals surface area contributed by atoms with E-state index in [0.717, 1.165) is 18.4 Å². The third kappa shape index (κ3) is 5.37. The summed E-state index contributed by atoms with van der Waals surface area (Å²) in [7, 11) is -3.57. The van der Waals surface area contributed by atoms with Crippen LogP contribution in [-0.4, -0.2) is 32.2 Å². The van der Waals surface area contributed by atoms with Crippen molar-refractivity contribution in [3.8, 4) is 11.6 Å². The smallest absolute Gasteiger partial charge is 0.240 e. The van der Waals surface area contributed by atoms with E-state index < -0.39 is 10.0 Å². The fourth-order valence-corrected chi connectivity index (χ4v) is 4.80. The number of nitrogens with one attached hydrogen (secondary N) is 1. The number of halogens is 1. The van der Waals surface area contributed by atoms with Gasteiger partial charge in [-0.25, -0.2) is 18.1 Å². The quantitative estimate of drug-likeness (QED) is 0.723. The molecule has 0 spiro atoms. The molecule has 0 aliphatic heterocycles. The van der Waals surface area contributed by atoms with Crippen LogP contribution in [-0.2, 0) is 10.0 Å². The van der Waals surface area contributed by atoms with Gasteiger partial charge in [0.05, 0.1) is 16.5 Å². The molecule has 1 aromatic heterocycles. The maximum absolute atomic E-state index is 12.7. The number of pyridine rings is 1. The summed E-state index contributed by atoms with van der Waals surface area (Å²) in [6, 6.07) is 8.32. The van der Waals surface area contributed by atoms with Crippen molar-refractivity contribution in [3.63, 3.8) is 0 Å². The summed E-state index contributed by atoms with van der Waals surface area (Å²) < 4.78 is 39.6. The predicted molar refractivity (Wildman–Crippen MR) is 109 cm³/mol. The van der Waals surface area contributed by atoms with Crippen LogP contribution in [0.25, 0.3) is 0 Å². The molecule has 1 aromatic carbocycles. The molecule has 1 aliphatic rings. The Labute approximate surface area is 171 Å². The summed E-state index contributed by atoms with van der Waals surface area (Å²) in [5.41, 5.74) is 0.803. The molecule has 2 aromatic rings. The second-order valence-electron chi connectivity index (χ2n) is 6.89. The fourth-order valence-electron chi connectivity index (χ4n) is 3.30.